The van der Waals surface area contributed by atoms with Crippen molar-refractivity contribution < 1.29 is 19.2 Å². The lowest BCUT2D eigenvalue weighted by molar-refractivity contribution is -0.213. The van der Waals surface area contributed by atoms with E-state index in [9.17, 15) is 19.2 Å². The van der Waals surface area contributed by atoms with Crippen LogP contribution < -0.4 is 10.6 Å². The standard InChI is InChI=1S/C18H28N4O4/c1-5-7-9-21-11-12-18(4,17(11,3)13(23)19-15(21)25)14(24)20-16(26)22(12)10-8-6-2/h11-12H,5-10H2,1-4H3,(H,19,23,25)(H,20,24,26). The van der Waals surface area contributed by atoms with E-state index in [1.54, 1.807) is 23.6 Å². The predicted molar refractivity (Wildman–Crippen MR) is 94.1 cm³/mol. The van der Waals surface area contributed by atoms with Gasteiger partial charge in [-0.25, -0.2) is 9.59 Å². The van der Waals surface area contributed by atoms with Gasteiger partial charge in [0, 0.05) is 13.1 Å². The van der Waals surface area contributed by atoms with E-state index in [0.29, 0.717) is 13.1 Å². The van der Waals surface area contributed by atoms with Gasteiger partial charge < -0.3 is 9.80 Å². The van der Waals surface area contributed by atoms with Crippen LogP contribution in [-0.4, -0.2) is 58.8 Å². The first-order valence-corrected chi connectivity index (χ1v) is 9.49. The third-order valence-electron chi connectivity index (χ3n) is 6.64. The molecule has 2 saturated heterocycles. The molecule has 2 aliphatic heterocycles. The highest BCUT2D eigenvalue weighted by Crippen LogP contribution is 2.63. The summed E-state index contributed by atoms with van der Waals surface area (Å²) in [4.78, 5) is 53.8. The topological polar surface area (TPSA) is 98.8 Å². The quantitative estimate of drug-likeness (QED) is 0.745. The molecule has 1 saturated carbocycles. The molecule has 8 heteroatoms. The number of rotatable bonds is 6. The van der Waals surface area contributed by atoms with Crippen molar-refractivity contribution in [3.05, 3.63) is 0 Å². The highest BCUT2D eigenvalue weighted by molar-refractivity contribution is 6.10. The van der Waals surface area contributed by atoms with Gasteiger partial charge in [0.1, 0.15) is 0 Å². The summed E-state index contributed by atoms with van der Waals surface area (Å²) in [6.07, 6.45) is 3.41. The largest absolute Gasteiger partial charge is 0.324 e. The van der Waals surface area contributed by atoms with Crippen LogP contribution in [0.2, 0.25) is 0 Å². The van der Waals surface area contributed by atoms with E-state index in [0.717, 1.165) is 25.7 Å². The van der Waals surface area contributed by atoms with Crippen LogP contribution in [0.25, 0.3) is 0 Å². The maximum absolute atomic E-state index is 12.8. The summed E-state index contributed by atoms with van der Waals surface area (Å²) in [7, 11) is 0. The molecule has 0 radical (unpaired) electrons. The van der Waals surface area contributed by atoms with Gasteiger partial charge in [0.15, 0.2) is 0 Å². The third kappa shape index (κ3) is 2.13. The molecule has 4 unspecified atom stereocenters. The summed E-state index contributed by atoms with van der Waals surface area (Å²) < 4.78 is 0. The number of fused-ring (bicyclic) bond motifs is 4. The molecule has 2 heterocycles. The van der Waals surface area contributed by atoms with Crippen molar-refractivity contribution in [1.29, 1.82) is 0 Å². The Bertz CT molecular complexity index is 610. The van der Waals surface area contributed by atoms with Gasteiger partial charge in [-0.05, 0) is 26.7 Å². The Labute approximate surface area is 153 Å². The minimum Gasteiger partial charge on any atom is -0.318 e. The fourth-order valence-corrected chi connectivity index (χ4v) is 4.84. The lowest BCUT2D eigenvalue weighted by Gasteiger charge is -2.71. The van der Waals surface area contributed by atoms with Crippen LogP contribution in [0, 0.1) is 10.8 Å². The van der Waals surface area contributed by atoms with Crippen LogP contribution in [0.15, 0.2) is 0 Å². The minimum atomic E-state index is -1.06. The van der Waals surface area contributed by atoms with E-state index >= 15 is 0 Å². The van der Waals surface area contributed by atoms with Gasteiger partial charge in [-0.3, -0.25) is 20.2 Å². The fraction of sp³-hybridized carbons (Fsp3) is 0.778. The number of carbonyl (C=O) groups is 4. The number of hydrogen-bond acceptors (Lipinski definition) is 4. The zero-order valence-corrected chi connectivity index (χ0v) is 15.9. The van der Waals surface area contributed by atoms with E-state index in [4.69, 9.17) is 0 Å². The average molecular weight is 364 g/mol. The molecule has 4 atom stereocenters. The van der Waals surface area contributed by atoms with E-state index in [1.165, 1.54) is 0 Å². The molecule has 1 aliphatic carbocycles. The maximum Gasteiger partial charge on any atom is 0.324 e. The van der Waals surface area contributed by atoms with Crippen LogP contribution in [0.4, 0.5) is 9.59 Å². The molecular weight excluding hydrogens is 336 g/mol. The Morgan fingerprint density at radius 1 is 0.769 bits per heavy atom. The van der Waals surface area contributed by atoms with Crippen molar-refractivity contribution in [2.45, 2.75) is 65.5 Å². The number of nitrogens with zero attached hydrogens (tertiary/aromatic N) is 2. The molecule has 144 valence electrons. The van der Waals surface area contributed by atoms with Crippen LogP contribution >= 0.6 is 0 Å². The van der Waals surface area contributed by atoms with Crippen molar-refractivity contribution >= 4 is 23.9 Å². The minimum absolute atomic E-state index is 0.429. The molecule has 3 aliphatic rings. The highest BCUT2D eigenvalue weighted by atomic mass is 16.2. The lowest BCUT2D eigenvalue weighted by Crippen LogP contribution is -2.91. The molecular formula is C18H28N4O4. The first-order valence-electron chi connectivity index (χ1n) is 9.49. The molecule has 0 aromatic rings. The first-order chi connectivity index (χ1) is 12.2. The highest BCUT2D eigenvalue weighted by Gasteiger charge is 2.80. The molecule has 26 heavy (non-hydrogen) atoms. The van der Waals surface area contributed by atoms with Crippen LogP contribution in [0.3, 0.4) is 0 Å². The zero-order chi connectivity index (χ0) is 19.3. The molecule has 0 aromatic heterocycles. The van der Waals surface area contributed by atoms with Gasteiger partial charge in [0.2, 0.25) is 11.8 Å². The van der Waals surface area contributed by atoms with Crippen LogP contribution in [0.5, 0.6) is 0 Å². The van der Waals surface area contributed by atoms with Gasteiger partial charge in [-0.1, -0.05) is 26.7 Å². The summed E-state index contributed by atoms with van der Waals surface area (Å²) in [6.45, 7) is 8.54. The number of amides is 6. The monoisotopic (exact) mass is 364 g/mol. The van der Waals surface area contributed by atoms with E-state index in [2.05, 4.69) is 10.6 Å². The predicted octanol–water partition coefficient (Wildman–Crippen LogP) is 1.45. The van der Waals surface area contributed by atoms with Gasteiger partial charge >= 0.3 is 12.1 Å². The second-order valence-corrected chi connectivity index (χ2v) is 7.91. The van der Waals surface area contributed by atoms with Crippen LogP contribution in [0.1, 0.15) is 53.4 Å². The Morgan fingerprint density at radius 2 is 1.12 bits per heavy atom. The summed E-state index contributed by atoms with van der Waals surface area (Å²) in [5.74, 6) is -0.863. The molecule has 0 spiro atoms. The Morgan fingerprint density at radius 3 is 1.42 bits per heavy atom. The summed E-state index contributed by atoms with van der Waals surface area (Å²) in [5, 5.41) is 4.85. The lowest BCUT2D eigenvalue weighted by atomic mass is 9.42. The Hall–Kier alpha value is -2.12. The third-order valence-corrected chi connectivity index (χ3v) is 6.64. The number of hydrogen-bond donors (Lipinski definition) is 2. The van der Waals surface area contributed by atoms with Gasteiger partial charge in [0.05, 0.1) is 22.9 Å². The molecule has 2 N–H and O–H groups in total. The number of nitrogens with one attached hydrogen (secondary N) is 2. The van der Waals surface area contributed by atoms with E-state index < -0.39 is 46.8 Å². The van der Waals surface area contributed by atoms with Crippen molar-refractivity contribution in [3.8, 4) is 0 Å². The second kappa shape index (κ2) is 6.25. The SMILES string of the molecule is CCCCN1C(=O)NC(=O)C2(C)C1C1N(CCCC)C(=O)NC(=O)C12C. The van der Waals surface area contributed by atoms with E-state index in [1.807, 2.05) is 13.8 Å². The molecule has 0 aromatic carbocycles. The zero-order valence-electron chi connectivity index (χ0n) is 15.9. The normalized spacial score (nSPS) is 36.2. The Balaban J connectivity index is 2.05. The maximum atomic E-state index is 12.8. The first kappa shape index (κ1) is 18.7. The number of urea groups is 2. The van der Waals surface area contributed by atoms with Gasteiger partial charge in [-0.15, -0.1) is 0 Å². The molecule has 0 bridgehead atoms. The van der Waals surface area contributed by atoms with Crippen molar-refractivity contribution in [2.75, 3.05) is 13.1 Å². The van der Waals surface area contributed by atoms with Crippen LogP contribution in [-0.2, 0) is 9.59 Å². The number of carbonyl (C=O) groups excluding carboxylic acids is 4. The Kier molecular flexibility index (Phi) is 4.48. The second-order valence-electron chi connectivity index (χ2n) is 7.91. The van der Waals surface area contributed by atoms with Gasteiger partial charge in [-0.2, -0.15) is 0 Å². The van der Waals surface area contributed by atoms with E-state index in [-0.39, 0.29) is 0 Å². The summed E-state index contributed by atoms with van der Waals surface area (Å²) in [6, 6.07) is -1.82. The number of imide groups is 2. The van der Waals surface area contributed by atoms with Crippen molar-refractivity contribution in [1.82, 2.24) is 20.4 Å². The van der Waals surface area contributed by atoms with Crippen molar-refractivity contribution in [3.63, 3.8) is 0 Å². The van der Waals surface area contributed by atoms with Crippen molar-refractivity contribution in [2.24, 2.45) is 10.8 Å². The molecule has 6 amide bonds. The molecule has 3 fully saturated rings. The van der Waals surface area contributed by atoms with Gasteiger partial charge in [0.25, 0.3) is 0 Å². The summed E-state index contributed by atoms with van der Waals surface area (Å²) in [5.41, 5.74) is -2.12. The smallest absolute Gasteiger partial charge is 0.318 e. The molecule has 3 rings (SSSR count). The summed E-state index contributed by atoms with van der Waals surface area (Å²) >= 11 is 0. The molecule has 8 nitrogen and oxygen atoms in total. The average Bonchev–Trinajstić information content (AvgIpc) is 2.59. The fourth-order valence-electron chi connectivity index (χ4n) is 4.84. The number of unbranched alkanes of at least 4 members (excludes halogenated alkanes) is 2.